The van der Waals surface area contributed by atoms with Gasteiger partial charge < -0.3 is 5.32 Å². The highest BCUT2D eigenvalue weighted by Crippen LogP contribution is 2.26. The van der Waals surface area contributed by atoms with Crippen LogP contribution in [-0.4, -0.2) is 12.0 Å². The molecular formula is C13H12ClFN2. The van der Waals surface area contributed by atoms with Gasteiger partial charge in [0.2, 0.25) is 0 Å². The van der Waals surface area contributed by atoms with E-state index in [-0.39, 0.29) is 5.82 Å². The van der Waals surface area contributed by atoms with Crippen LogP contribution in [0.4, 0.5) is 4.39 Å². The number of halogens is 2. The van der Waals surface area contributed by atoms with Crippen LogP contribution in [0.15, 0.2) is 36.7 Å². The second-order valence-electron chi connectivity index (χ2n) is 3.69. The summed E-state index contributed by atoms with van der Waals surface area (Å²) in [4.78, 5) is 3.73. The average Bonchev–Trinajstić information content (AvgIpc) is 2.33. The summed E-state index contributed by atoms with van der Waals surface area (Å²) in [5.74, 6) is -0.328. The van der Waals surface area contributed by atoms with E-state index in [0.29, 0.717) is 17.1 Å². The van der Waals surface area contributed by atoms with E-state index in [9.17, 15) is 4.39 Å². The largest absolute Gasteiger partial charge is 0.316 e. The van der Waals surface area contributed by atoms with Crippen LogP contribution >= 0.6 is 11.6 Å². The lowest BCUT2D eigenvalue weighted by Gasteiger charge is -2.08. The molecule has 0 aliphatic heterocycles. The number of nitrogens with zero attached hydrogens (tertiary/aromatic N) is 1. The van der Waals surface area contributed by atoms with Gasteiger partial charge >= 0.3 is 0 Å². The molecule has 2 rings (SSSR count). The summed E-state index contributed by atoms with van der Waals surface area (Å²) in [6.45, 7) is 0.652. The van der Waals surface area contributed by atoms with E-state index in [1.165, 1.54) is 6.20 Å². The minimum Gasteiger partial charge on any atom is -0.316 e. The molecule has 0 fully saturated rings. The van der Waals surface area contributed by atoms with Gasteiger partial charge in [0, 0.05) is 23.3 Å². The van der Waals surface area contributed by atoms with E-state index >= 15 is 0 Å². The Balaban J connectivity index is 2.46. The highest BCUT2D eigenvalue weighted by Gasteiger charge is 2.07. The Kier molecular flexibility index (Phi) is 3.71. The SMILES string of the molecule is CNCc1cc(-c2ccncc2F)ccc1Cl. The second-order valence-corrected chi connectivity index (χ2v) is 4.10. The maximum absolute atomic E-state index is 13.6. The summed E-state index contributed by atoms with van der Waals surface area (Å²) < 4.78 is 13.6. The minimum atomic E-state index is -0.328. The van der Waals surface area contributed by atoms with Gasteiger partial charge in [-0.15, -0.1) is 0 Å². The van der Waals surface area contributed by atoms with E-state index in [4.69, 9.17) is 11.6 Å². The smallest absolute Gasteiger partial charge is 0.149 e. The molecule has 1 aromatic carbocycles. The number of hydrogen-bond acceptors (Lipinski definition) is 2. The van der Waals surface area contributed by atoms with Crippen molar-refractivity contribution in [3.63, 3.8) is 0 Å². The molecule has 0 radical (unpaired) electrons. The quantitative estimate of drug-likeness (QED) is 0.905. The number of pyridine rings is 1. The normalized spacial score (nSPS) is 10.5. The van der Waals surface area contributed by atoms with Crippen molar-refractivity contribution in [1.29, 1.82) is 0 Å². The van der Waals surface area contributed by atoms with Crippen LogP contribution in [0, 0.1) is 5.82 Å². The van der Waals surface area contributed by atoms with Gasteiger partial charge in [0.15, 0.2) is 0 Å². The molecule has 2 nitrogen and oxygen atoms in total. The first-order chi connectivity index (χ1) is 8.22. The Morgan fingerprint density at radius 1 is 1.35 bits per heavy atom. The van der Waals surface area contributed by atoms with Crippen molar-refractivity contribution in [2.45, 2.75) is 6.54 Å². The summed E-state index contributed by atoms with van der Waals surface area (Å²) in [6, 6.07) is 7.13. The van der Waals surface area contributed by atoms with E-state index in [0.717, 1.165) is 11.1 Å². The third-order valence-corrected chi connectivity index (χ3v) is 2.87. The van der Waals surface area contributed by atoms with Crippen LogP contribution in [0.1, 0.15) is 5.56 Å². The molecule has 0 atom stereocenters. The Morgan fingerprint density at radius 2 is 2.18 bits per heavy atom. The summed E-state index contributed by atoms with van der Waals surface area (Å²) in [5.41, 5.74) is 2.29. The van der Waals surface area contributed by atoms with Crippen molar-refractivity contribution in [3.05, 3.63) is 53.1 Å². The summed E-state index contributed by atoms with van der Waals surface area (Å²) in [6.07, 6.45) is 2.78. The first-order valence-corrected chi connectivity index (χ1v) is 5.63. The number of aromatic nitrogens is 1. The molecule has 0 aliphatic rings. The van der Waals surface area contributed by atoms with Crippen molar-refractivity contribution >= 4 is 11.6 Å². The third kappa shape index (κ3) is 2.62. The fraction of sp³-hybridized carbons (Fsp3) is 0.154. The van der Waals surface area contributed by atoms with E-state index in [1.807, 2.05) is 13.1 Å². The fourth-order valence-corrected chi connectivity index (χ4v) is 1.86. The van der Waals surface area contributed by atoms with Crippen molar-refractivity contribution in [2.24, 2.45) is 0 Å². The molecule has 1 heterocycles. The predicted octanol–water partition coefficient (Wildman–Crippen LogP) is 3.26. The van der Waals surface area contributed by atoms with Crippen molar-refractivity contribution in [3.8, 4) is 11.1 Å². The van der Waals surface area contributed by atoms with Crippen LogP contribution in [0.2, 0.25) is 5.02 Å². The lowest BCUT2D eigenvalue weighted by Crippen LogP contribution is -2.05. The number of rotatable bonds is 3. The van der Waals surface area contributed by atoms with Crippen LogP contribution in [0.3, 0.4) is 0 Å². The second kappa shape index (κ2) is 5.25. The van der Waals surface area contributed by atoms with Crippen LogP contribution < -0.4 is 5.32 Å². The van der Waals surface area contributed by atoms with Gasteiger partial charge in [-0.3, -0.25) is 4.98 Å². The minimum absolute atomic E-state index is 0.328. The van der Waals surface area contributed by atoms with Crippen LogP contribution in [-0.2, 0) is 6.54 Å². The van der Waals surface area contributed by atoms with Crippen molar-refractivity contribution in [2.75, 3.05) is 7.05 Å². The maximum Gasteiger partial charge on any atom is 0.149 e. The predicted molar refractivity (Wildman–Crippen MR) is 67.4 cm³/mol. The van der Waals surface area contributed by atoms with Gasteiger partial charge in [-0.1, -0.05) is 17.7 Å². The van der Waals surface area contributed by atoms with Gasteiger partial charge in [0.05, 0.1) is 6.20 Å². The molecule has 0 spiro atoms. The van der Waals surface area contributed by atoms with Crippen molar-refractivity contribution < 1.29 is 4.39 Å². The van der Waals surface area contributed by atoms with Gasteiger partial charge in [-0.2, -0.15) is 0 Å². The molecule has 0 saturated heterocycles. The van der Waals surface area contributed by atoms with E-state index < -0.39 is 0 Å². The van der Waals surface area contributed by atoms with E-state index in [1.54, 1.807) is 24.4 Å². The summed E-state index contributed by atoms with van der Waals surface area (Å²) in [7, 11) is 1.84. The first-order valence-electron chi connectivity index (χ1n) is 5.25. The Morgan fingerprint density at radius 3 is 2.88 bits per heavy atom. The molecule has 0 bridgehead atoms. The standard InChI is InChI=1S/C13H12ClFN2/c1-16-7-10-6-9(2-3-12(10)14)11-4-5-17-8-13(11)15/h2-6,8,16H,7H2,1H3. The maximum atomic E-state index is 13.6. The molecule has 17 heavy (non-hydrogen) atoms. The van der Waals surface area contributed by atoms with Gasteiger partial charge in [0.25, 0.3) is 0 Å². The molecule has 0 unspecified atom stereocenters. The first kappa shape index (κ1) is 12.0. The highest BCUT2D eigenvalue weighted by atomic mass is 35.5. The Bertz CT molecular complexity index is 529. The Labute approximate surface area is 104 Å². The molecule has 0 saturated carbocycles. The number of benzene rings is 1. The van der Waals surface area contributed by atoms with Crippen LogP contribution in [0.25, 0.3) is 11.1 Å². The molecule has 1 aromatic heterocycles. The highest BCUT2D eigenvalue weighted by molar-refractivity contribution is 6.31. The topological polar surface area (TPSA) is 24.9 Å². The lowest BCUT2D eigenvalue weighted by atomic mass is 10.0. The zero-order valence-electron chi connectivity index (χ0n) is 9.37. The summed E-state index contributed by atoms with van der Waals surface area (Å²) in [5, 5.41) is 3.71. The molecule has 0 amide bonds. The molecule has 88 valence electrons. The zero-order chi connectivity index (χ0) is 12.3. The zero-order valence-corrected chi connectivity index (χ0v) is 10.1. The third-order valence-electron chi connectivity index (χ3n) is 2.50. The van der Waals surface area contributed by atoms with Crippen LogP contribution in [0.5, 0.6) is 0 Å². The number of nitrogens with one attached hydrogen (secondary N) is 1. The lowest BCUT2D eigenvalue weighted by molar-refractivity contribution is 0.625. The monoisotopic (exact) mass is 250 g/mol. The van der Waals surface area contributed by atoms with E-state index in [2.05, 4.69) is 10.3 Å². The fourth-order valence-electron chi connectivity index (χ4n) is 1.68. The molecule has 2 aromatic rings. The van der Waals surface area contributed by atoms with Gasteiger partial charge in [-0.25, -0.2) is 4.39 Å². The molecule has 0 aliphatic carbocycles. The van der Waals surface area contributed by atoms with Gasteiger partial charge in [-0.05, 0) is 36.4 Å². The molecule has 1 N–H and O–H groups in total. The number of hydrogen-bond donors (Lipinski definition) is 1. The molecular weight excluding hydrogens is 239 g/mol. The average molecular weight is 251 g/mol. The van der Waals surface area contributed by atoms with Gasteiger partial charge in [0.1, 0.15) is 5.82 Å². The van der Waals surface area contributed by atoms with Crippen molar-refractivity contribution in [1.82, 2.24) is 10.3 Å². The Hall–Kier alpha value is -1.45. The molecule has 4 heteroatoms. The summed E-state index contributed by atoms with van der Waals surface area (Å²) >= 11 is 6.06.